The van der Waals surface area contributed by atoms with E-state index in [-0.39, 0.29) is 0 Å². The summed E-state index contributed by atoms with van der Waals surface area (Å²) in [5, 5.41) is 14.7. The first-order valence-corrected chi connectivity index (χ1v) is 7.16. The third kappa shape index (κ3) is 2.75. The Hall–Kier alpha value is -0.880. The first-order valence-electron chi connectivity index (χ1n) is 6.09. The van der Waals surface area contributed by atoms with Gasteiger partial charge in [-0.25, -0.2) is 0 Å². The second-order valence-corrected chi connectivity index (χ2v) is 5.50. The number of benzene rings is 1. The fraction of sp³-hybridized carbons (Fsp3) is 0.357. The number of hydrogen-bond donors (Lipinski definition) is 1. The fourth-order valence-corrected chi connectivity index (χ4v) is 2.59. The van der Waals surface area contributed by atoms with E-state index in [1.165, 1.54) is 5.56 Å². The lowest BCUT2D eigenvalue weighted by Gasteiger charge is -2.12. The van der Waals surface area contributed by atoms with Gasteiger partial charge in [0.05, 0.1) is 6.20 Å². The molecule has 0 fully saturated rings. The average Bonchev–Trinajstić information content (AvgIpc) is 2.81. The number of aryl methyl sites for hydroxylation is 2. The lowest BCUT2D eigenvalue weighted by Crippen LogP contribution is -2.02. The van der Waals surface area contributed by atoms with Crippen LogP contribution in [0, 0.1) is 10.5 Å². The maximum Gasteiger partial charge on any atom is 0.108 e. The monoisotopic (exact) mass is 356 g/mol. The minimum absolute atomic E-state index is 0.595. The molecule has 0 spiro atoms. The first-order chi connectivity index (χ1) is 8.63. The van der Waals surface area contributed by atoms with Crippen molar-refractivity contribution >= 4 is 22.6 Å². The summed E-state index contributed by atoms with van der Waals surface area (Å²) in [7, 11) is 0. The van der Waals surface area contributed by atoms with E-state index in [0.29, 0.717) is 0 Å². The van der Waals surface area contributed by atoms with Gasteiger partial charge in [0, 0.05) is 21.9 Å². The van der Waals surface area contributed by atoms with Crippen LogP contribution in [0.1, 0.15) is 36.1 Å². The Labute approximate surface area is 121 Å². The Morgan fingerprint density at radius 2 is 2.22 bits per heavy atom. The summed E-state index contributed by atoms with van der Waals surface area (Å²) in [4.78, 5) is 0. The number of aliphatic hydroxyl groups excluding tert-OH is 1. The number of halogens is 1. The van der Waals surface area contributed by atoms with Crippen LogP contribution in [-0.2, 0) is 6.54 Å². The Bertz CT molecular complexity index is 536. The van der Waals surface area contributed by atoms with Crippen molar-refractivity contribution in [3.05, 3.63) is 50.9 Å². The number of hydrogen-bond acceptors (Lipinski definition) is 2. The van der Waals surface area contributed by atoms with Gasteiger partial charge in [0.25, 0.3) is 0 Å². The van der Waals surface area contributed by atoms with Gasteiger partial charge in [0.2, 0.25) is 0 Å². The molecule has 0 saturated carbocycles. The van der Waals surface area contributed by atoms with E-state index in [9.17, 15) is 5.11 Å². The van der Waals surface area contributed by atoms with Crippen LogP contribution in [0.2, 0.25) is 0 Å². The van der Waals surface area contributed by atoms with Gasteiger partial charge >= 0.3 is 0 Å². The van der Waals surface area contributed by atoms with Crippen LogP contribution in [0.3, 0.4) is 0 Å². The van der Waals surface area contributed by atoms with Gasteiger partial charge in [-0.05, 0) is 47.1 Å². The summed E-state index contributed by atoms with van der Waals surface area (Å²) in [6, 6.07) is 6.00. The van der Waals surface area contributed by atoms with Crippen LogP contribution in [0.25, 0.3) is 0 Å². The lowest BCUT2D eigenvalue weighted by molar-refractivity contribution is 0.219. The Morgan fingerprint density at radius 3 is 2.94 bits per heavy atom. The first kappa shape index (κ1) is 13.5. The predicted molar refractivity (Wildman–Crippen MR) is 80.5 cm³/mol. The molecule has 1 aromatic heterocycles. The van der Waals surface area contributed by atoms with Gasteiger partial charge < -0.3 is 5.11 Å². The topological polar surface area (TPSA) is 38.0 Å². The smallest absolute Gasteiger partial charge is 0.108 e. The van der Waals surface area contributed by atoms with E-state index >= 15 is 0 Å². The summed E-state index contributed by atoms with van der Waals surface area (Å²) in [5.74, 6) is 0. The van der Waals surface area contributed by atoms with Crippen molar-refractivity contribution in [2.45, 2.75) is 32.9 Å². The Balaban J connectivity index is 2.29. The van der Waals surface area contributed by atoms with Crippen LogP contribution >= 0.6 is 22.6 Å². The zero-order valence-corrected chi connectivity index (χ0v) is 12.8. The normalized spacial score (nSPS) is 12.7. The van der Waals surface area contributed by atoms with Crippen LogP contribution in [0.5, 0.6) is 0 Å². The van der Waals surface area contributed by atoms with Gasteiger partial charge in [0.1, 0.15) is 6.10 Å². The minimum atomic E-state index is -0.595. The largest absolute Gasteiger partial charge is 0.384 e. The molecule has 0 aliphatic carbocycles. The highest BCUT2D eigenvalue weighted by atomic mass is 127. The second kappa shape index (κ2) is 5.84. The number of aliphatic hydroxyl groups is 1. The maximum absolute atomic E-state index is 10.4. The molecule has 0 aliphatic heterocycles. The molecular weight excluding hydrogens is 339 g/mol. The van der Waals surface area contributed by atoms with Gasteiger partial charge in [-0.1, -0.05) is 25.1 Å². The van der Waals surface area contributed by atoms with E-state index in [1.807, 2.05) is 23.0 Å². The minimum Gasteiger partial charge on any atom is -0.384 e. The molecule has 0 radical (unpaired) electrons. The Kier molecular flexibility index (Phi) is 4.40. The summed E-state index contributed by atoms with van der Waals surface area (Å²) >= 11 is 2.28. The van der Waals surface area contributed by atoms with E-state index in [2.05, 4.69) is 47.6 Å². The Morgan fingerprint density at radius 1 is 1.44 bits per heavy atom. The van der Waals surface area contributed by atoms with Crippen molar-refractivity contribution in [3.8, 4) is 0 Å². The maximum atomic E-state index is 10.4. The molecule has 1 unspecified atom stereocenters. The lowest BCUT2D eigenvalue weighted by atomic mass is 10.0. The van der Waals surface area contributed by atoms with Crippen molar-refractivity contribution in [2.24, 2.45) is 0 Å². The molecule has 1 aromatic carbocycles. The summed E-state index contributed by atoms with van der Waals surface area (Å²) in [6.07, 6.45) is 4.12. The summed E-state index contributed by atoms with van der Waals surface area (Å²) in [6.45, 7) is 5.05. The highest BCUT2D eigenvalue weighted by Gasteiger charge is 2.16. The van der Waals surface area contributed by atoms with Crippen LogP contribution in [-0.4, -0.2) is 14.9 Å². The predicted octanol–water partition coefficient (Wildman–Crippen LogP) is 3.29. The van der Waals surface area contributed by atoms with Gasteiger partial charge in [0.15, 0.2) is 0 Å². The number of rotatable bonds is 4. The zero-order valence-electron chi connectivity index (χ0n) is 10.6. The molecule has 0 amide bonds. The van der Waals surface area contributed by atoms with Gasteiger partial charge in [-0.3, -0.25) is 4.68 Å². The number of nitrogens with zero attached hydrogens (tertiary/aromatic N) is 2. The summed E-state index contributed by atoms with van der Waals surface area (Å²) in [5.41, 5.74) is 2.99. The number of aromatic nitrogens is 2. The SMILES string of the molecule is CCCn1cc(C(O)c2cccc(C)c2I)cn1. The molecule has 18 heavy (non-hydrogen) atoms. The van der Waals surface area contributed by atoms with Crippen LogP contribution in [0.4, 0.5) is 0 Å². The molecule has 1 atom stereocenters. The zero-order chi connectivity index (χ0) is 13.1. The van der Waals surface area contributed by atoms with E-state index in [4.69, 9.17) is 0 Å². The van der Waals surface area contributed by atoms with Crippen molar-refractivity contribution in [2.75, 3.05) is 0 Å². The van der Waals surface area contributed by atoms with E-state index in [1.54, 1.807) is 6.20 Å². The second-order valence-electron chi connectivity index (χ2n) is 4.42. The third-order valence-electron chi connectivity index (χ3n) is 2.94. The highest BCUT2D eigenvalue weighted by Crippen LogP contribution is 2.27. The van der Waals surface area contributed by atoms with Crippen LogP contribution in [0.15, 0.2) is 30.6 Å². The quantitative estimate of drug-likeness (QED) is 0.854. The molecule has 0 bridgehead atoms. The van der Waals surface area contributed by atoms with Crippen molar-refractivity contribution < 1.29 is 5.11 Å². The molecule has 1 N–H and O–H groups in total. The fourth-order valence-electron chi connectivity index (χ4n) is 1.93. The van der Waals surface area contributed by atoms with Gasteiger partial charge in [-0.2, -0.15) is 5.10 Å². The average molecular weight is 356 g/mol. The van der Waals surface area contributed by atoms with E-state index in [0.717, 1.165) is 27.7 Å². The highest BCUT2D eigenvalue weighted by molar-refractivity contribution is 14.1. The van der Waals surface area contributed by atoms with Crippen molar-refractivity contribution in [3.63, 3.8) is 0 Å². The van der Waals surface area contributed by atoms with E-state index < -0.39 is 6.10 Å². The molecule has 2 rings (SSSR count). The standard InChI is InChI=1S/C14H17IN2O/c1-3-7-17-9-11(8-16-17)14(18)12-6-4-5-10(2)13(12)15/h4-6,8-9,14,18H,3,7H2,1-2H3. The van der Waals surface area contributed by atoms with Crippen molar-refractivity contribution in [1.82, 2.24) is 9.78 Å². The molecule has 1 heterocycles. The van der Waals surface area contributed by atoms with Crippen molar-refractivity contribution in [1.29, 1.82) is 0 Å². The van der Waals surface area contributed by atoms with Crippen LogP contribution < -0.4 is 0 Å². The molecule has 0 aliphatic rings. The third-order valence-corrected chi connectivity index (χ3v) is 4.41. The molecule has 2 aromatic rings. The molecular formula is C14H17IN2O. The molecule has 96 valence electrons. The molecule has 4 heteroatoms. The summed E-state index contributed by atoms with van der Waals surface area (Å²) < 4.78 is 2.99. The molecule has 0 saturated heterocycles. The molecule has 3 nitrogen and oxygen atoms in total. The van der Waals surface area contributed by atoms with Gasteiger partial charge in [-0.15, -0.1) is 0 Å².